The van der Waals surface area contributed by atoms with Gasteiger partial charge >= 0.3 is 63.4 Å². The van der Waals surface area contributed by atoms with Crippen LogP contribution >= 0.6 is 0 Å². The Morgan fingerprint density at radius 3 is 1.68 bits per heavy atom. The topological polar surface area (TPSA) is 75.7 Å². The largest absolute Gasteiger partial charge is 0.549 e. The molecule has 1 unspecified atom stereocenters. The van der Waals surface area contributed by atoms with Crippen LogP contribution in [0, 0.1) is 5.92 Å². The third-order valence-corrected chi connectivity index (χ3v) is 3.32. The SMILES string of the molecule is CC(C)[O][Al+][O]C(C)C.CCCC(C(C)=O)C(=O)[O-]. The van der Waals surface area contributed by atoms with E-state index < -0.39 is 11.9 Å². The third-order valence-electron chi connectivity index (χ3n) is 2.01. The fraction of sp³-hybridized carbons (Fsp3) is 0.846. The van der Waals surface area contributed by atoms with Gasteiger partial charge in [0.2, 0.25) is 0 Å². The van der Waals surface area contributed by atoms with Gasteiger partial charge in [0.15, 0.2) is 0 Å². The predicted molar refractivity (Wildman–Crippen MR) is 72.3 cm³/mol. The number of Topliss-reactive ketones (excluding diaryl/α,β-unsaturated/α-hetero) is 1. The average molecular weight is 288 g/mol. The van der Waals surface area contributed by atoms with Gasteiger partial charge < -0.3 is 9.90 Å². The van der Waals surface area contributed by atoms with Gasteiger partial charge in [-0.25, -0.2) is 0 Å². The van der Waals surface area contributed by atoms with Crippen LogP contribution in [0.15, 0.2) is 0 Å². The zero-order valence-electron chi connectivity index (χ0n) is 12.8. The van der Waals surface area contributed by atoms with E-state index in [1.165, 1.54) is 6.92 Å². The van der Waals surface area contributed by atoms with E-state index in [1.807, 2.05) is 34.6 Å². The summed E-state index contributed by atoms with van der Waals surface area (Å²) in [5.41, 5.74) is 0. The molecule has 0 fully saturated rings. The van der Waals surface area contributed by atoms with Gasteiger partial charge in [0.05, 0.1) is 11.9 Å². The molecule has 0 spiro atoms. The number of hydrogen-bond donors (Lipinski definition) is 0. The maximum atomic E-state index is 10.6. The molecule has 0 saturated heterocycles. The number of rotatable bonds is 8. The van der Waals surface area contributed by atoms with Gasteiger partial charge in [-0.3, -0.25) is 4.79 Å². The Kier molecular flexibility index (Phi) is 13.9. The smallest absolute Gasteiger partial charge is 0.138 e. The fourth-order valence-electron chi connectivity index (χ4n) is 1.03. The first-order valence-electron chi connectivity index (χ1n) is 6.56. The molecule has 0 aliphatic carbocycles. The number of ketones is 1. The first-order chi connectivity index (χ1) is 8.72. The van der Waals surface area contributed by atoms with Crippen molar-refractivity contribution in [2.24, 2.45) is 5.92 Å². The standard InChI is InChI=1S/C7H12O3.2C3H7O.Al/c1-3-4-6(5(2)8)7(9)10;2*1-3(2)4;/h6H,3-4H2,1-2H3,(H,9,10);2*3H,1-2H3;/q;2*-1;+3/p-1. The van der Waals surface area contributed by atoms with Crippen molar-refractivity contribution in [2.45, 2.75) is 66.6 Å². The third kappa shape index (κ3) is 15.5. The van der Waals surface area contributed by atoms with Gasteiger partial charge in [0.25, 0.3) is 0 Å². The zero-order valence-corrected chi connectivity index (χ0v) is 13.9. The first kappa shape index (κ1) is 20.9. The first-order valence-corrected chi connectivity index (χ1v) is 7.50. The maximum Gasteiger partial charge on any atom is 0.138 e. The molecule has 0 aliphatic rings. The van der Waals surface area contributed by atoms with Crippen molar-refractivity contribution in [3.05, 3.63) is 0 Å². The summed E-state index contributed by atoms with van der Waals surface area (Å²) in [6.07, 6.45) is 1.69. The molecule has 0 rings (SSSR count). The molecule has 5 nitrogen and oxygen atoms in total. The van der Waals surface area contributed by atoms with Crippen LogP contribution in [-0.2, 0) is 17.2 Å². The molecule has 0 amide bonds. The number of carbonyl (C=O) groups excluding carboxylic acids is 2. The van der Waals surface area contributed by atoms with E-state index in [2.05, 4.69) is 0 Å². The molecule has 0 N–H and O–H groups in total. The Morgan fingerprint density at radius 2 is 1.53 bits per heavy atom. The van der Waals surface area contributed by atoms with Gasteiger partial charge in [-0.2, -0.15) is 0 Å². The van der Waals surface area contributed by atoms with Crippen LogP contribution < -0.4 is 5.11 Å². The Hall–Kier alpha value is -0.408. The molecule has 0 radical (unpaired) electrons. The van der Waals surface area contributed by atoms with Crippen molar-refractivity contribution in [1.29, 1.82) is 0 Å². The number of carboxylic acids is 1. The summed E-state index contributed by atoms with van der Waals surface area (Å²) in [7, 11) is 0. The molecule has 6 heteroatoms. The van der Waals surface area contributed by atoms with Crippen LogP contribution in [0.4, 0.5) is 0 Å². The van der Waals surface area contributed by atoms with Gasteiger partial charge in [-0.1, -0.05) is 13.3 Å². The van der Waals surface area contributed by atoms with Crippen LogP contribution in [0.1, 0.15) is 54.4 Å². The monoisotopic (exact) mass is 288 g/mol. The molecule has 0 heterocycles. The zero-order chi connectivity index (χ0) is 15.4. The molecular formula is C13H25AlO5. The van der Waals surface area contributed by atoms with E-state index in [0.717, 1.165) is 0 Å². The molecule has 0 aromatic heterocycles. The molecular weight excluding hydrogens is 263 g/mol. The van der Waals surface area contributed by atoms with E-state index in [1.54, 1.807) is 0 Å². The molecule has 0 saturated carbocycles. The molecule has 0 aromatic carbocycles. The second kappa shape index (κ2) is 12.6. The number of carboxylic acid groups (broad SMARTS) is 1. The normalized spacial score (nSPS) is 11.6. The maximum absolute atomic E-state index is 10.6. The summed E-state index contributed by atoms with van der Waals surface area (Å²) in [5, 5.41) is 10.2. The summed E-state index contributed by atoms with van der Waals surface area (Å²) < 4.78 is 10.4. The van der Waals surface area contributed by atoms with E-state index in [9.17, 15) is 14.7 Å². The van der Waals surface area contributed by atoms with Crippen molar-refractivity contribution >= 4 is 27.6 Å². The fourth-order valence-corrected chi connectivity index (χ4v) is 1.54. The minimum Gasteiger partial charge on any atom is -0.549 e. The van der Waals surface area contributed by atoms with Crippen LogP contribution in [0.5, 0.6) is 0 Å². The summed E-state index contributed by atoms with van der Waals surface area (Å²) in [4.78, 5) is 20.8. The van der Waals surface area contributed by atoms with Crippen LogP contribution in [0.3, 0.4) is 0 Å². The number of aliphatic carboxylic acids is 1. The molecule has 19 heavy (non-hydrogen) atoms. The Balaban J connectivity index is 0. The predicted octanol–water partition coefficient (Wildman–Crippen LogP) is 1.11. The van der Waals surface area contributed by atoms with Crippen molar-refractivity contribution in [3.8, 4) is 0 Å². The van der Waals surface area contributed by atoms with Gasteiger partial charge in [0, 0.05) is 0 Å². The minimum absolute atomic E-state index is 0.245. The van der Waals surface area contributed by atoms with E-state index in [4.69, 9.17) is 7.58 Å². The second-order valence-electron chi connectivity index (χ2n) is 4.74. The molecule has 0 aromatic rings. The minimum atomic E-state index is -1.26. The Bertz CT molecular complexity index is 231. The van der Waals surface area contributed by atoms with Crippen LogP contribution in [0.25, 0.3) is 0 Å². The summed E-state index contributed by atoms with van der Waals surface area (Å²) >= 11 is -0.245. The summed E-state index contributed by atoms with van der Waals surface area (Å²) in [6, 6.07) is 0. The molecule has 1 atom stereocenters. The van der Waals surface area contributed by atoms with Gasteiger partial charge in [0.1, 0.15) is 5.78 Å². The second-order valence-corrected chi connectivity index (χ2v) is 5.47. The van der Waals surface area contributed by atoms with Gasteiger partial charge in [-0.05, 0) is 13.3 Å². The molecule has 110 valence electrons. The van der Waals surface area contributed by atoms with Crippen LogP contribution in [0.2, 0.25) is 0 Å². The van der Waals surface area contributed by atoms with Crippen LogP contribution in [-0.4, -0.2) is 39.8 Å². The van der Waals surface area contributed by atoms with Crippen molar-refractivity contribution in [3.63, 3.8) is 0 Å². The van der Waals surface area contributed by atoms with Crippen molar-refractivity contribution in [2.75, 3.05) is 0 Å². The Labute approximate surface area is 123 Å². The van der Waals surface area contributed by atoms with E-state index in [-0.39, 0.29) is 21.7 Å². The van der Waals surface area contributed by atoms with E-state index in [0.29, 0.717) is 25.0 Å². The molecule has 0 bridgehead atoms. The summed E-state index contributed by atoms with van der Waals surface area (Å²) in [5.74, 6) is -2.47. The van der Waals surface area contributed by atoms with Gasteiger partial charge in [-0.15, -0.1) is 0 Å². The number of hydrogen-bond acceptors (Lipinski definition) is 5. The summed E-state index contributed by atoms with van der Waals surface area (Å²) in [6.45, 7) is 11.1. The van der Waals surface area contributed by atoms with Crippen molar-refractivity contribution < 1.29 is 22.3 Å². The quantitative estimate of drug-likeness (QED) is 0.494. The molecule has 0 aliphatic heterocycles. The number of carbonyl (C=O) groups is 2. The van der Waals surface area contributed by atoms with E-state index >= 15 is 0 Å². The van der Waals surface area contributed by atoms with Crippen molar-refractivity contribution in [1.82, 2.24) is 0 Å². The average Bonchev–Trinajstić information content (AvgIpc) is 2.24. The Morgan fingerprint density at radius 1 is 1.11 bits per heavy atom.